The first-order valence-corrected chi connectivity index (χ1v) is 8.22. The summed E-state index contributed by atoms with van der Waals surface area (Å²) in [6.45, 7) is 8.25. The van der Waals surface area contributed by atoms with E-state index >= 15 is 0 Å². The van der Waals surface area contributed by atoms with Crippen molar-refractivity contribution in [3.63, 3.8) is 0 Å². The second-order valence-corrected chi connectivity index (χ2v) is 6.16. The quantitative estimate of drug-likeness (QED) is 0.821. The third-order valence-electron chi connectivity index (χ3n) is 4.40. The van der Waals surface area contributed by atoms with Crippen molar-refractivity contribution in [2.75, 3.05) is 20.2 Å². The first-order valence-electron chi connectivity index (χ1n) is 8.22. The van der Waals surface area contributed by atoms with E-state index < -0.39 is 0 Å². The number of methoxy groups -OCH3 is 1. The Labute approximate surface area is 142 Å². The molecule has 4 nitrogen and oxygen atoms in total. The summed E-state index contributed by atoms with van der Waals surface area (Å²) >= 11 is 0. The maximum absolute atomic E-state index is 10.6. The lowest BCUT2D eigenvalue weighted by atomic mass is 9.98. The van der Waals surface area contributed by atoms with E-state index in [-0.39, 0.29) is 5.88 Å². The zero-order chi connectivity index (χ0) is 17.1. The molecule has 1 aromatic carbocycles. The van der Waals surface area contributed by atoms with Crippen LogP contribution in [-0.2, 0) is 6.54 Å². The molecule has 2 aromatic rings. The van der Waals surface area contributed by atoms with Crippen molar-refractivity contribution in [3.05, 3.63) is 54.3 Å². The molecule has 2 heterocycles. The summed E-state index contributed by atoms with van der Waals surface area (Å²) in [5.74, 6) is 0.952. The molecule has 0 spiro atoms. The van der Waals surface area contributed by atoms with Crippen LogP contribution in [0.5, 0.6) is 11.6 Å². The third-order valence-corrected chi connectivity index (χ3v) is 4.40. The summed E-state index contributed by atoms with van der Waals surface area (Å²) in [4.78, 5) is 0. The van der Waals surface area contributed by atoms with Gasteiger partial charge in [-0.25, -0.2) is 0 Å². The van der Waals surface area contributed by atoms with Crippen LogP contribution in [0.3, 0.4) is 0 Å². The number of aromatic hydroxyl groups is 1. The zero-order valence-electron chi connectivity index (χ0n) is 14.3. The lowest BCUT2D eigenvalue weighted by Gasteiger charge is -2.15. The summed E-state index contributed by atoms with van der Waals surface area (Å²) in [6.07, 6.45) is 8.92. The Kier molecular flexibility index (Phi) is 4.76. The number of hydrogen-bond donors (Lipinski definition) is 2. The highest BCUT2D eigenvalue weighted by molar-refractivity contribution is 5.96. The Morgan fingerprint density at radius 1 is 1.46 bits per heavy atom. The number of allylic oxidation sites excluding steroid dienone is 3. The van der Waals surface area contributed by atoms with Gasteiger partial charge in [0.05, 0.1) is 12.5 Å². The van der Waals surface area contributed by atoms with Crippen LogP contribution in [-0.4, -0.2) is 29.9 Å². The van der Waals surface area contributed by atoms with Crippen LogP contribution >= 0.6 is 0 Å². The first kappa shape index (κ1) is 16.4. The average molecular weight is 324 g/mol. The molecular formula is C20H24N2O2. The number of ether oxygens (including phenoxy) is 1. The van der Waals surface area contributed by atoms with Crippen molar-refractivity contribution >= 4 is 16.3 Å². The molecule has 0 bridgehead atoms. The van der Waals surface area contributed by atoms with Crippen molar-refractivity contribution in [2.45, 2.75) is 19.9 Å². The lowest BCUT2D eigenvalue weighted by Crippen LogP contribution is -2.20. The van der Waals surface area contributed by atoms with Crippen LogP contribution in [0.15, 0.2) is 48.7 Å². The monoisotopic (exact) mass is 324 g/mol. The van der Waals surface area contributed by atoms with Crippen LogP contribution in [0.25, 0.3) is 16.3 Å². The molecule has 0 saturated heterocycles. The molecule has 126 valence electrons. The molecule has 0 atom stereocenters. The Morgan fingerprint density at radius 3 is 2.96 bits per heavy atom. The molecular weight excluding hydrogens is 300 g/mol. The molecule has 0 unspecified atom stereocenters. The van der Waals surface area contributed by atoms with Crippen LogP contribution in [0.4, 0.5) is 0 Å². The van der Waals surface area contributed by atoms with Crippen LogP contribution < -0.4 is 10.1 Å². The number of hydrogen-bond acceptors (Lipinski definition) is 3. The van der Waals surface area contributed by atoms with E-state index in [2.05, 4.69) is 24.0 Å². The first-order chi connectivity index (χ1) is 11.6. The van der Waals surface area contributed by atoms with Crippen LogP contribution in [0.2, 0.25) is 0 Å². The smallest absolute Gasteiger partial charge is 0.203 e. The average Bonchev–Trinajstić information content (AvgIpc) is 2.91. The van der Waals surface area contributed by atoms with Gasteiger partial charge in [0.2, 0.25) is 5.88 Å². The van der Waals surface area contributed by atoms with E-state index in [9.17, 15) is 5.11 Å². The van der Waals surface area contributed by atoms with Gasteiger partial charge in [0.1, 0.15) is 5.75 Å². The number of rotatable bonds is 5. The van der Waals surface area contributed by atoms with Gasteiger partial charge in [-0.05, 0) is 43.2 Å². The van der Waals surface area contributed by atoms with Gasteiger partial charge < -0.3 is 19.7 Å². The number of nitrogens with zero attached hydrogens (tertiary/aromatic N) is 1. The van der Waals surface area contributed by atoms with Crippen molar-refractivity contribution in [2.24, 2.45) is 0 Å². The fourth-order valence-electron chi connectivity index (χ4n) is 3.23. The minimum absolute atomic E-state index is 0.240. The molecule has 24 heavy (non-hydrogen) atoms. The van der Waals surface area contributed by atoms with E-state index in [0.29, 0.717) is 12.3 Å². The standard InChI is InChI=1S/C20H24N2O2/c1-4-5-14(2)12-22-13-17-10-16(15-6-8-21-9-7-15)11-18(24-3)19(17)20(22)23/h4-6,10-11,13,21,23H,1,7-9,12H2,2-3H3. The SMILES string of the molecule is C=CC=C(C)Cn1cc2cc(C3=CCNCC3)cc(OC)c2c1O. The van der Waals surface area contributed by atoms with Crippen molar-refractivity contribution in [3.8, 4) is 11.6 Å². The van der Waals surface area contributed by atoms with Gasteiger partial charge in [-0.2, -0.15) is 0 Å². The van der Waals surface area contributed by atoms with E-state index in [0.717, 1.165) is 41.4 Å². The van der Waals surface area contributed by atoms with Gasteiger partial charge in [-0.1, -0.05) is 30.4 Å². The second kappa shape index (κ2) is 6.97. The topological polar surface area (TPSA) is 46.4 Å². The Balaban J connectivity index is 2.09. The Hall–Kier alpha value is -2.46. The summed E-state index contributed by atoms with van der Waals surface area (Å²) in [6, 6.07) is 4.16. The van der Waals surface area contributed by atoms with Crippen molar-refractivity contribution < 1.29 is 9.84 Å². The van der Waals surface area contributed by atoms with E-state index in [4.69, 9.17) is 4.74 Å². The van der Waals surface area contributed by atoms with Crippen LogP contribution in [0.1, 0.15) is 18.9 Å². The van der Waals surface area contributed by atoms with Gasteiger partial charge in [0.15, 0.2) is 0 Å². The fraction of sp³-hybridized carbons (Fsp3) is 0.300. The molecule has 4 heteroatoms. The van der Waals surface area contributed by atoms with Crippen LogP contribution in [0, 0.1) is 0 Å². The third kappa shape index (κ3) is 3.10. The number of benzene rings is 1. The molecule has 2 N–H and O–H groups in total. The van der Waals surface area contributed by atoms with Crippen molar-refractivity contribution in [1.29, 1.82) is 0 Å². The molecule has 1 aliphatic heterocycles. The molecule has 3 rings (SSSR count). The Morgan fingerprint density at radius 2 is 2.29 bits per heavy atom. The van der Waals surface area contributed by atoms with E-state index in [1.807, 2.05) is 29.8 Å². The highest BCUT2D eigenvalue weighted by atomic mass is 16.5. The number of fused-ring (bicyclic) bond motifs is 1. The minimum Gasteiger partial charge on any atom is -0.496 e. The van der Waals surface area contributed by atoms with Gasteiger partial charge >= 0.3 is 0 Å². The summed E-state index contributed by atoms with van der Waals surface area (Å²) < 4.78 is 7.41. The van der Waals surface area contributed by atoms with Gasteiger partial charge in [-0.15, -0.1) is 0 Å². The number of aromatic nitrogens is 1. The van der Waals surface area contributed by atoms with Gasteiger partial charge in [0.25, 0.3) is 0 Å². The highest BCUT2D eigenvalue weighted by Gasteiger charge is 2.16. The molecule has 1 aliphatic rings. The number of nitrogens with one attached hydrogen (secondary N) is 1. The maximum atomic E-state index is 10.6. The highest BCUT2D eigenvalue weighted by Crippen LogP contribution is 2.38. The van der Waals surface area contributed by atoms with E-state index in [1.54, 1.807) is 13.2 Å². The molecule has 0 saturated carbocycles. The minimum atomic E-state index is 0.240. The lowest BCUT2D eigenvalue weighted by molar-refractivity contribution is 0.408. The molecule has 0 fully saturated rings. The van der Waals surface area contributed by atoms with Gasteiger partial charge in [-0.3, -0.25) is 0 Å². The molecule has 0 amide bonds. The zero-order valence-corrected chi connectivity index (χ0v) is 14.3. The predicted octanol–water partition coefficient (Wildman–Crippen LogP) is 3.86. The molecule has 0 aliphatic carbocycles. The molecule has 0 radical (unpaired) electrons. The molecule has 1 aromatic heterocycles. The normalized spacial score (nSPS) is 15.4. The second-order valence-electron chi connectivity index (χ2n) is 6.16. The fourth-order valence-corrected chi connectivity index (χ4v) is 3.23. The van der Waals surface area contributed by atoms with E-state index in [1.165, 1.54) is 5.57 Å². The Bertz CT molecular complexity index is 828. The van der Waals surface area contributed by atoms with Gasteiger partial charge in [0, 0.05) is 24.7 Å². The maximum Gasteiger partial charge on any atom is 0.203 e. The largest absolute Gasteiger partial charge is 0.496 e. The summed E-state index contributed by atoms with van der Waals surface area (Å²) in [5.41, 5.74) is 3.61. The van der Waals surface area contributed by atoms with Crippen molar-refractivity contribution in [1.82, 2.24) is 9.88 Å². The predicted molar refractivity (Wildman–Crippen MR) is 99.6 cm³/mol. The summed E-state index contributed by atoms with van der Waals surface area (Å²) in [7, 11) is 1.65. The summed E-state index contributed by atoms with van der Waals surface area (Å²) in [5, 5.41) is 15.7.